The van der Waals surface area contributed by atoms with Crippen LogP contribution in [0.4, 0.5) is 5.69 Å². The summed E-state index contributed by atoms with van der Waals surface area (Å²) in [4.78, 5) is 12.2. The van der Waals surface area contributed by atoms with Crippen molar-refractivity contribution >= 4 is 21.6 Å². The van der Waals surface area contributed by atoms with E-state index in [0.717, 1.165) is 5.56 Å². The Kier molecular flexibility index (Phi) is 7.17. The molecule has 140 valence electrons. The first kappa shape index (κ1) is 19.9. The van der Waals surface area contributed by atoms with Gasteiger partial charge in [-0.3, -0.25) is 9.52 Å². The summed E-state index contributed by atoms with van der Waals surface area (Å²) in [6, 6.07) is 13.2. The topological polar surface area (TPSA) is 84.5 Å². The number of hydrogen-bond donors (Lipinski definition) is 2. The molecule has 0 heterocycles. The molecule has 2 aromatic rings. The number of aryl methyl sites for hydroxylation is 1. The number of rotatable bonds is 9. The lowest BCUT2D eigenvalue weighted by Gasteiger charge is -2.12. The molecule has 1 amide bonds. The minimum absolute atomic E-state index is 0.0490. The van der Waals surface area contributed by atoms with Gasteiger partial charge in [0.25, 0.3) is 15.9 Å². The Labute approximate surface area is 154 Å². The van der Waals surface area contributed by atoms with E-state index < -0.39 is 10.0 Å². The maximum Gasteiger partial charge on any atom is 0.261 e. The predicted molar refractivity (Wildman–Crippen MR) is 102 cm³/mol. The number of carbonyl (C=O) groups is 1. The third kappa shape index (κ3) is 5.31. The monoisotopic (exact) mass is 376 g/mol. The van der Waals surface area contributed by atoms with E-state index in [1.807, 2.05) is 19.1 Å². The van der Waals surface area contributed by atoms with Crippen LogP contribution < -0.4 is 10.0 Å². The molecular weight excluding hydrogens is 352 g/mol. The maximum absolute atomic E-state index is 12.7. The second-order valence-corrected chi connectivity index (χ2v) is 7.43. The summed E-state index contributed by atoms with van der Waals surface area (Å²) in [5.41, 5.74) is 1.75. The average molecular weight is 376 g/mol. The largest absolute Gasteiger partial charge is 0.385 e. The minimum atomic E-state index is -3.78. The van der Waals surface area contributed by atoms with Crippen molar-refractivity contribution in [2.45, 2.75) is 24.7 Å². The zero-order valence-corrected chi connectivity index (χ0v) is 15.8. The fraction of sp³-hybridized carbons (Fsp3) is 0.316. The van der Waals surface area contributed by atoms with Gasteiger partial charge in [-0.1, -0.05) is 31.2 Å². The van der Waals surface area contributed by atoms with Gasteiger partial charge >= 0.3 is 0 Å². The summed E-state index contributed by atoms with van der Waals surface area (Å²) in [6.45, 7) is 2.98. The molecule has 0 aliphatic rings. The first-order chi connectivity index (χ1) is 12.5. The van der Waals surface area contributed by atoms with Crippen LogP contribution >= 0.6 is 0 Å². The summed E-state index contributed by atoms with van der Waals surface area (Å²) in [5.74, 6) is -0.313. The number of hydrogen-bond acceptors (Lipinski definition) is 4. The molecule has 0 fully saturated rings. The van der Waals surface area contributed by atoms with E-state index in [4.69, 9.17) is 4.74 Å². The zero-order valence-electron chi connectivity index (χ0n) is 15.0. The number of anilines is 1. The summed E-state index contributed by atoms with van der Waals surface area (Å²) in [5, 5.41) is 2.75. The Morgan fingerprint density at radius 2 is 1.88 bits per heavy atom. The van der Waals surface area contributed by atoms with Gasteiger partial charge in [0.1, 0.15) is 0 Å². The smallest absolute Gasteiger partial charge is 0.261 e. The van der Waals surface area contributed by atoms with Crippen molar-refractivity contribution in [2.24, 2.45) is 0 Å². The van der Waals surface area contributed by atoms with Crippen LogP contribution in [0.2, 0.25) is 0 Å². The van der Waals surface area contributed by atoms with E-state index in [1.54, 1.807) is 31.4 Å². The molecule has 2 N–H and O–H groups in total. The van der Waals surface area contributed by atoms with E-state index in [1.165, 1.54) is 12.1 Å². The maximum atomic E-state index is 12.7. The molecule has 0 aromatic heterocycles. The number of para-hydroxylation sites is 1. The molecule has 0 aliphatic carbocycles. The van der Waals surface area contributed by atoms with Gasteiger partial charge in [0.15, 0.2) is 0 Å². The van der Waals surface area contributed by atoms with Crippen LogP contribution in [0, 0.1) is 0 Å². The molecule has 0 atom stereocenters. The van der Waals surface area contributed by atoms with Crippen molar-refractivity contribution in [1.82, 2.24) is 5.32 Å². The Balaban J connectivity index is 2.16. The van der Waals surface area contributed by atoms with Crippen LogP contribution in [0.3, 0.4) is 0 Å². The fourth-order valence-corrected chi connectivity index (χ4v) is 3.60. The van der Waals surface area contributed by atoms with Crippen LogP contribution in [-0.2, 0) is 21.2 Å². The second kappa shape index (κ2) is 9.35. The van der Waals surface area contributed by atoms with Crippen LogP contribution in [0.1, 0.15) is 29.3 Å². The van der Waals surface area contributed by atoms with Crippen molar-refractivity contribution in [3.8, 4) is 0 Å². The van der Waals surface area contributed by atoms with Crippen LogP contribution in [-0.4, -0.2) is 34.6 Å². The van der Waals surface area contributed by atoms with Gasteiger partial charge in [0.2, 0.25) is 0 Å². The van der Waals surface area contributed by atoms with E-state index in [2.05, 4.69) is 10.0 Å². The van der Waals surface area contributed by atoms with Gasteiger partial charge in [-0.25, -0.2) is 8.42 Å². The molecule has 0 bridgehead atoms. The highest BCUT2D eigenvalue weighted by Gasteiger charge is 2.17. The average Bonchev–Trinajstić information content (AvgIpc) is 2.65. The Morgan fingerprint density at radius 1 is 1.12 bits per heavy atom. The molecule has 2 aromatic carbocycles. The summed E-state index contributed by atoms with van der Waals surface area (Å²) in [7, 11) is -2.18. The molecule has 7 heteroatoms. The lowest BCUT2D eigenvalue weighted by Crippen LogP contribution is -2.25. The van der Waals surface area contributed by atoms with Crippen molar-refractivity contribution in [1.29, 1.82) is 0 Å². The predicted octanol–water partition coefficient (Wildman–Crippen LogP) is 2.82. The van der Waals surface area contributed by atoms with Crippen LogP contribution in [0.5, 0.6) is 0 Å². The third-order valence-electron chi connectivity index (χ3n) is 3.86. The molecule has 2 rings (SSSR count). The third-order valence-corrected chi connectivity index (χ3v) is 5.22. The number of amides is 1. The van der Waals surface area contributed by atoms with Gasteiger partial charge in [-0.15, -0.1) is 0 Å². The molecule has 0 spiro atoms. The van der Waals surface area contributed by atoms with E-state index >= 15 is 0 Å². The zero-order chi connectivity index (χ0) is 19.0. The summed E-state index contributed by atoms with van der Waals surface area (Å²) < 4.78 is 32.9. The van der Waals surface area contributed by atoms with Crippen molar-refractivity contribution < 1.29 is 17.9 Å². The fourth-order valence-electron chi connectivity index (χ4n) is 2.46. The summed E-state index contributed by atoms with van der Waals surface area (Å²) >= 11 is 0. The van der Waals surface area contributed by atoms with E-state index in [0.29, 0.717) is 37.2 Å². The molecule has 0 saturated carbocycles. The standard InChI is InChI=1S/C19H24N2O4S/c1-3-15-8-4-5-11-18(15)21-26(23,24)17-10-6-9-16(14-17)19(22)20-12-7-13-25-2/h4-6,8-11,14,21H,3,7,12-13H2,1-2H3,(H,20,22). The number of ether oxygens (including phenoxy) is 1. The molecular formula is C19H24N2O4S. The number of benzene rings is 2. The van der Waals surface area contributed by atoms with E-state index in [-0.39, 0.29) is 10.8 Å². The molecule has 0 radical (unpaired) electrons. The Bertz CT molecular complexity index is 850. The molecule has 26 heavy (non-hydrogen) atoms. The second-order valence-electron chi connectivity index (χ2n) is 5.75. The van der Waals surface area contributed by atoms with Crippen molar-refractivity contribution in [2.75, 3.05) is 25.0 Å². The number of carbonyl (C=O) groups excluding carboxylic acids is 1. The highest BCUT2D eigenvalue weighted by Crippen LogP contribution is 2.21. The van der Waals surface area contributed by atoms with Gasteiger partial charge in [0, 0.05) is 25.8 Å². The Hall–Kier alpha value is -2.38. The molecule has 0 unspecified atom stereocenters. The highest BCUT2D eigenvalue weighted by atomic mass is 32.2. The first-order valence-electron chi connectivity index (χ1n) is 8.46. The molecule has 6 nitrogen and oxygen atoms in total. The highest BCUT2D eigenvalue weighted by molar-refractivity contribution is 7.92. The van der Waals surface area contributed by atoms with Gasteiger partial charge < -0.3 is 10.1 Å². The number of nitrogens with one attached hydrogen (secondary N) is 2. The van der Waals surface area contributed by atoms with Gasteiger partial charge in [-0.05, 0) is 42.7 Å². The number of sulfonamides is 1. The van der Waals surface area contributed by atoms with Crippen LogP contribution in [0.25, 0.3) is 0 Å². The quantitative estimate of drug-likeness (QED) is 0.659. The molecule has 0 aliphatic heterocycles. The lowest BCUT2D eigenvalue weighted by molar-refractivity contribution is 0.0948. The SMILES string of the molecule is CCc1ccccc1NS(=O)(=O)c1cccc(C(=O)NCCCOC)c1. The lowest BCUT2D eigenvalue weighted by atomic mass is 10.1. The van der Waals surface area contributed by atoms with Crippen molar-refractivity contribution in [3.63, 3.8) is 0 Å². The molecule has 0 saturated heterocycles. The normalized spacial score (nSPS) is 11.2. The summed E-state index contributed by atoms with van der Waals surface area (Å²) in [6.07, 6.45) is 1.40. The minimum Gasteiger partial charge on any atom is -0.385 e. The van der Waals surface area contributed by atoms with Crippen molar-refractivity contribution in [3.05, 3.63) is 59.7 Å². The van der Waals surface area contributed by atoms with E-state index in [9.17, 15) is 13.2 Å². The van der Waals surface area contributed by atoms with Gasteiger partial charge in [0.05, 0.1) is 10.6 Å². The number of methoxy groups -OCH3 is 1. The van der Waals surface area contributed by atoms with Gasteiger partial charge in [-0.2, -0.15) is 0 Å². The Morgan fingerprint density at radius 3 is 2.62 bits per heavy atom. The first-order valence-corrected chi connectivity index (χ1v) is 9.94. The van der Waals surface area contributed by atoms with Crippen LogP contribution in [0.15, 0.2) is 53.4 Å².